The van der Waals surface area contributed by atoms with Crippen molar-refractivity contribution in [3.63, 3.8) is 0 Å². The van der Waals surface area contributed by atoms with Gasteiger partial charge in [-0.2, -0.15) is 13.2 Å². The number of nitrogens with one attached hydrogen (secondary N) is 1. The van der Waals surface area contributed by atoms with Gasteiger partial charge in [-0.3, -0.25) is 14.7 Å². The summed E-state index contributed by atoms with van der Waals surface area (Å²) >= 11 is 0. The number of aryl methyl sites for hydroxylation is 1. The molecule has 0 saturated heterocycles. The molecule has 0 saturated carbocycles. The van der Waals surface area contributed by atoms with E-state index in [9.17, 15) is 27.9 Å². The Morgan fingerprint density at radius 2 is 1.90 bits per heavy atom. The van der Waals surface area contributed by atoms with E-state index < -0.39 is 36.2 Å². The van der Waals surface area contributed by atoms with Crippen molar-refractivity contribution in [2.24, 2.45) is 0 Å². The molecule has 0 amide bonds. The number of aromatic nitrogens is 2. The van der Waals surface area contributed by atoms with Crippen molar-refractivity contribution in [2.45, 2.75) is 26.9 Å². The van der Waals surface area contributed by atoms with Crippen LogP contribution in [0.2, 0.25) is 0 Å². The van der Waals surface area contributed by atoms with Gasteiger partial charge < -0.3 is 18.9 Å². The SMILES string of the molecule is CCOP(=O)(CNc1cc(-n2cnc(C)c2)c(C(F)(F)F)cc1[N+](=O)[O-])OCC. The molecule has 0 atom stereocenters. The molecule has 0 radical (unpaired) electrons. The maximum Gasteiger partial charge on any atom is 0.418 e. The predicted octanol–water partition coefficient (Wildman–Crippen LogP) is 4.74. The molecule has 0 aliphatic carbocycles. The van der Waals surface area contributed by atoms with E-state index in [4.69, 9.17) is 9.05 Å². The Bertz CT molecular complexity index is 922. The number of nitro benzene ring substituents is 1. The van der Waals surface area contributed by atoms with Gasteiger partial charge in [0.15, 0.2) is 0 Å². The van der Waals surface area contributed by atoms with Crippen LogP contribution in [0.15, 0.2) is 24.7 Å². The third-order valence-corrected chi connectivity index (χ3v) is 5.57. The smallest absolute Gasteiger partial charge is 0.368 e. The van der Waals surface area contributed by atoms with E-state index in [1.54, 1.807) is 20.8 Å². The third kappa shape index (κ3) is 5.55. The molecule has 1 heterocycles. The van der Waals surface area contributed by atoms with Crippen molar-refractivity contribution < 1.29 is 31.7 Å². The van der Waals surface area contributed by atoms with Gasteiger partial charge >= 0.3 is 13.8 Å². The number of hydrogen-bond acceptors (Lipinski definition) is 7. The molecule has 0 spiro atoms. The lowest BCUT2D eigenvalue weighted by molar-refractivity contribution is -0.384. The molecule has 0 aliphatic rings. The Balaban J connectivity index is 2.56. The van der Waals surface area contributed by atoms with Crippen LogP contribution >= 0.6 is 7.60 Å². The number of halogens is 3. The molecule has 13 heteroatoms. The topological polar surface area (TPSA) is 109 Å². The highest BCUT2D eigenvalue weighted by Gasteiger charge is 2.37. The van der Waals surface area contributed by atoms with E-state index >= 15 is 0 Å². The second-order valence-electron chi connectivity index (χ2n) is 5.85. The lowest BCUT2D eigenvalue weighted by atomic mass is 10.1. The van der Waals surface area contributed by atoms with E-state index in [0.29, 0.717) is 11.8 Å². The zero-order valence-electron chi connectivity index (χ0n) is 15.9. The van der Waals surface area contributed by atoms with Crippen LogP contribution in [0.1, 0.15) is 25.1 Å². The van der Waals surface area contributed by atoms with Crippen molar-refractivity contribution in [1.29, 1.82) is 0 Å². The molecule has 0 fully saturated rings. The van der Waals surface area contributed by atoms with Crippen LogP contribution in [0.25, 0.3) is 5.69 Å². The first-order valence-electron chi connectivity index (χ1n) is 8.53. The third-order valence-electron chi connectivity index (χ3n) is 3.72. The fourth-order valence-corrected chi connectivity index (χ4v) is 3.97. The highest BCUT2D eigenvalue weighted by atomic mass is 31.2. The summed E-state index contributed by atoms with van der Waals surface area (Å²) in [4.78, 5) is 14.3. The molecule has 1 aromatic heterocycles. The molecule has 1 aromatic carbocycles. The molecule has 0 unspecified atom stereocenters. The summed E-state index contributed by atoms with van der Waals surface area (Å²) in [6.45, 7) is 4.90. The van der Waals surface area contributed by atoms with Crippen LogP contribution in [0, 0.1) is 17.0 Å². The van der Waals surface area contributed by atoms with Crippen LogP contribution in [0.3, 0.4) is 0 Å². The molecule has 0 aliphatic heterocycles. The molecule has 1 N–H and O–H groups in total. The lowest BCUT2D eigenvalue weighted by Gasteiger charge is -2.19. The summed E-state index contributed by atoms with van der Waals surface area (Å²) in [6, 6.07) is 1.39. The summed E-state index contributed by atoms with van der Waals surface area (Å²) in [5.74, 6) is 0. The van der Waals surface area contributed by atoms with Crippen molar-refractivity contribution in [3.8, 4) is 5.69 Å². The standard InChI is InChI=1S/C16H20F3N4O5P/c1-4-27-29(26,28-5-2)10-21-13-7-14(22-8-11(3)20-9-22)12(16(17,18)19)6-15(13)23(24)25/h6-9,21H,4-5,10H2,1-3H3. The Morgan fingerprint density at radius 1 is 1.28 bits per heavy atom. The van der Waals surface area contributed by atoms with Gasteiger partial charge in [-0.05, 0) is 26.8 Å². The molecular formula is C16H20F3N4O5P. The zero-order valence-corrected chi connectivity index (χ0v) is 16.8. The van der Waals surface area contributed by atoms with Crippen LogP contribution in [-0.4, -0.2) is 34.0 Å². The number of alkyl halides is 3. The minimum absolute atomic E-state index is 0.0631. The van der Waals surface area contributed by atoms with Crippen molar-refractivity contribution in [3.05, 3.63) is 46.0 Å². The molecule has 2 aromatic rings. The van der Waals surface area contributed by atoms with E-state index in [-0.39, 0.29) is 24.6 Å². The zero-order chi connectivity index (χ0) is 21.8. The first kappa shape index (κ1) is 22.9. The average molecular weight is 436 g/mol. The number of nitro groups is 1. The van der Waals surface area contributed by atoms with Crippen LogP contribution in [-0.2, 0) is 19.8 Å². The largest absolute Gasteiger partial charge is 0.418 e. The Kier molecular flexibility index (Phi) is 7.04. The van der Waals surface area contributed by atoms with E-state index in [0.717, 1.165) is 10.6 Å². The molecular weight excluding hydrogens is 416 g/mol. The monoisotopic (exact) mass is 436 g/mol. The van der Waals surface area contributed by atoms with Gasteiger partial charge in [-0.1, -0.05) is 0 Å². The summed E-state index contributed by atoms with van der Waals surface area (Å²) in [5.41, 5.74) is -2.19. The number of nitrogens with zero attached hydrogens (tertiary/aromatic N) is 3. The van der Waals surface area contributed by atoms with Gasteiger partial charge in [0.1, 0.15) is 12.0 Å². The first-order chi connectivity index (χ1) is 13.5. The quantitative estimate of drug-likeness (QED) is 0.343. The van der Waals surface area contributed by atoms with Gasteiger partial charge in [0.05, 0.1) is 41.4 Å². The van der Waals surface area contributed by atoms with Crippen LogP contribution < -0.4 is 5.32 Å². The number of benzene rings is 1. The second kappa shape index (κ2) is 8.93. The van der Waals surface area contributed by atoms with Gasteiger partial charge in [-0.15, -0.1) is 0 Å². The summed E-state index contributed by atoms with van der Waals surface area (Å²) in [7, 11) is -3.64. The van der Waals surface area contributed by atoms with Crippen LogP contribution in [0.5, 0.6) is 0 Å². The number of anilines is 1. The Hall–Kier alpha value is -2.43. The minimum atomic E-state index is -4.84. The van der Waals surface area contributed by atoms with Crippen molar-refractivity contribution >= 4 is 19.0 Å². The highest BCUT2D eigenvalue weighted by molar-refractivity contribution is 7.53. The molecule has 2 rings (SSSR count). The van der Waals surface area contributed by atoms with E-state index in [2.05, 4.69) is 10.3 Å². The van der Waals surface area contributed by atoms with E-state index in [1.807, 2.05) is 0 Å². The highest BCUT2D eigenvalue weighted by Crippen LogP contribution is 2.48. The van der Waals surface area contributed by atoms with Crippen molar-refractivity contribution in [2.75, 3.05) is 24.8 Å². The van der Waals surface area contributed by atoms with Gasteiger partial charge in [0.25, 0.3) is 5.69 Å². The maximum atomic E-state index is 13.5. The van der Waals surface area contributed by atoms with Gasteiger partial charge in [-0.25, -0.2) is 4.98 Å². The normalized spacial score (nSPS) is 12.2. The summed E-state index contributed by atoms with van der Waals surface area (Å²) in [6.07, 6.45) is -2.78. The maximum absolute atomic E-state index is 13.5. The average Bonchev–Trinajstić information content (AvgIpc) is 3.05. The number of hydrogen-bond donors (Lipinski definition) is 1. The van der Waals surface area contributed by atoms with Gasteiger partial charge in [0, 0.05) is 12.3 Å². The minimum Gasteiger partial charge on any atom is -0.368 e. The summed E-state index contributed by atoms with van der Waals surface area (Å²) in [5, 5.41) is 13.9. The number of imidazole rings is 1. The molecule has 9 nitrogen and oxygen atoms in total. The first-order valence-corrected chi connectivity index (χ1v) is 10.3. The molecule has 160 valence electrons. The summed E-state index contributed by atoms with van der Waals surface area (Å²) < 4.78 is 64.5. The fourth-order valence-electron chi connectivity index (χ4n) is 2.57. The molecule has 29 heavy (non-hydrogen) atoms. The van der Waals surface area contributed by atoms with Crippen molar-refractivity contribution in [1.82, 2.24) is 9.55 Å². The van der Waals surface area contributed by atoms with Crippen LogP contribution in [0.4, 0.5) is 24.5 Å². The Morgan fingerprint density at radius 3 is 2.34 bits per heavy atom. The van der Waals surface area contributed by atoms with E-state index in [1.165, 1.54) is 12.5 Å². The lowest BCUT2D eigenvalue weighted by Crippen LogP contribution is -2.14. The number of rotatable bonds is 9. The fraction of sp³-hybridized carbons (Fsp3) is 0.438. The molecule has 0 bridgehead atoms. The Labute approximate surface area is 164 Å². The predicted molar refractivity (Wildman–Crippen MR) is 99.3 cm³/mol. The second-order valence-corrected chi connectivity index (χ2v) is 7.90. The van der Waals surface area contributed by atoms with Gasteiger partial charge in [0.2, 0.25) is 0 Å².